The average molecular weight is 646 g/mol. The molecule has 2 aliphatic heterocycles. The van der Waals surface area contributed by atoms with Gasteiger partial charge in [-0.05, 0) is 43.3 Å². The first-order chi connectivity index (χ1) is 20.9. The monoisotopic (exact) mass is 645 g/mol. The molecule has 0 radical (unpaired) electrons. The Labute approximate surface area is 263 Å². The van der Waals surface area contributed by atoms with Crippen molar-refractivity contribution in [2.24, 2.45) is 0 Å². The van der Waals surface area contributed by atoms with E-state index in [0.717, 1.165) is 33.1 Å². The first kappa shape index (κ1) is 30.3. The molecule has 1 saturated heterocycles. The largest absolute Gasteiger partial charge is 0.334 e. The lowest BCUT2D eigenvalue weighted by atomic mass is 10.1. The fourth-order valence-corrected chi connectivity index (χ4v) is 8.50. The minimum Gasteiger partial charge on any atom is -0.334 e. The van der Waals surface area contributed by atoms with E-state index < -0.39 is 24.0 Å². The second-order valence-electron chi connectivity index (χ2n) is 12.3. The molecule has 2 aromatic carbocycles. The van der Waals surface area contributed by atoms with Gasteiger partial charge in [-0.25, -0.2) is 17.4 Å². The van der Waals surface area contributed by atoms with Crippen molar-refractivity contribution in [2.45, 2.75) is 50.5 Å². The number of amides is 2. The summed E-state index contributed by atoms with van der Waals surface area (Å²) < 4.78 is 29.1. The number of rotatable bonds is 4. The Morgan fingerprint density at radius 1 is 0.977 bits per heavy atom. The highest BCUT2D eigenvalue weighted by Gasteiger charge is 2.33. The summed E-state index contributed by atoms with van der Waals surface area (Å²) in [7, 11) is -5.71. The van der Waals surface area contributed by atoms with E-state index in [1.54, 1.807) is 46.2 Å². The van der Waals surface area contributed by atoms with Crippen molar-refractivity contribution in [3.05, 3.63) is 81.4 Å². The highest BCUT2D eigenvalue weighted by molar-refractivity contribution is 7.90. The van der Waals surface area contributed by atoms with Crippen molar-refractivity contribution in [3.8, 4) is 11.5 Å². The molecule has 4 aromatic rings. The van der Waals surface area contributed by atoms with Crippen LogP contribution in [0.3, 0.4) is 0 Å². The van der Waals surface area contributed by atoms with Gasteiger partial charge in [-0.3, -0.25) is 9.59 Å². The molecule has 4 heterocycles. The van der Waals surface area contributed by atoms with Crippen molar-refractivity contribution in [1.82, 2.24) is 24.1 Å². The summed E-state index contributed by atoms with van der Waals surface area (Å²) in [6.07, 6.45) is 0.799. The van der Waals surface area contributed by atoms with Crippen LogP contribution in [0.25, 0.3) is 10.9 Å². The van der Waals surface area contributed by atoms with Crippen molar-refractivity contribution in [2.75, 3.05) is 26.2 Å². The predicted molar refractivity (Wildman–Crippen MR) is 175 cm³/mol. The highest BCUT2D eigenvalue weighted by atomic mass is 32.2. The van der Waals surface area contributed by atoms with Gasteiger partial charge in [-0.15, -0.1) is 16.9 Å². The molecule has 2 aliphatic rings. The highest BCUT2D eigenvalue weighted by Crippen LogP contribution is 2.29. The van der Waals surface area contributed by atoms with Gasteiger partial charge in [-0.1, -0.05) is 43.8 Å². The molecular weight excluding hydrogens is 611 g/mol. The average Bonchev–Trinajstić information content (AvgIpc) is 3.61. The Hall–Kier alpha value is -3.76. The van der Waals surface area contributed by atoms with Gasteiger partial charge in [0.1, 0.15) is 13.8 Å². The molecule has 0 spiro atoms. The van der Waals surface area contributed by atoms with Crippen molar-refractivity contribution < 1.29 is 18.0 Å². The van der Waals surface area contributed by atoms with Crippen LogP contribution in [0, 0.1) is 11.5 Å². The second-order valence-corrected chi connectivity index (χ2v) is 20.0. The van der Waals surface area contributed by atoms with Crippen LogP contribution in [-0.4, -0.2) is 79.3 Å². The molecule has 228 valence electrons. The zero-order chi connectivity index (χ0) is 31.2. The number of carbonyl (C=O) groups excluding carboxylic acids is 2. The van der Waals surface area contributed by atoms with Crippen molar-refractivity contribution in [3.63, 3.8) is 0 Å². The molecule has 1 atom stereocenters. The molecule has 1 N–H and O–H groups in total. The van der Waals surface area contributed by atoms with E-state index in [4.69, 9.17) is 0 Å². The number of piperazine rings is 1. The van der Waals surface area contributed by atoms with Crippen LogP contribution in [0.4, 0.5) is 0 Å². The maximum Gasteiger partial charge on any atom is 0.282 e. The Kier molecular flexibility index (Phi) is 8.00. The lowest BCUT2D eigenvalue weighted by Gasteiger charge is -2.34. The number of thiazole rings is 1. The van der Waals surface area contributed by atoms with E-state index in [2.05, 4.69) is 48.3 Å². The van der Waals surface area contributed by atoms with E-state index in [-0.39, 0.29) is 29.6 Å². The Bertz CT molecular complexity index is 1930. The fourth-order valence-electron chi connectivity index (χ4n) is 5.45. The van der Waals surface area contributed by atoms with Gasteiger partial charge in [0.05, 0.1) is 16.1 Å². The lowest BCUT2D eigenvalue weighted by Crippen LogP contribution is -2.51. The van der Waals surface area contributed by atoms with Gasteiger partial charge in [0.15, 0.2) is 5.01 Å². The third kappa shape index (κ3) is 5.97. The zero-order valence-electron chi connectivity index (χ0n) is 25.3. The Morgan fingerprint density at radius 3 is 2.34 bits per heavy atom. The van der Waals surface area contributed by atoms with Gasteiger partial charge >= 0.3 is 0 Å². The quantitative estimate of drug-likeness (QED) is 0.264. The van der Waals surface area contributed by atoms with E-state index in [9.17, 15) is 18.0 Å². The number of carbonyl (C=O) groups is 2. The second kappa shape index (κ2) is 11.6. The van der Waals surface area contributed by atoms with Gasteiger partial charge in [0, 0.05) is 61.0 Å². The van der Waals surface area contributed by atoms with Gasteiger partial charge in [-0.2, -0.15) is 0 Å². The van der Waals surface area contributed by atoms with Gasteiger partial charge < -0.3 is 15.1 Å². The normalized spacial score (nSPS) is 17.2. The first-order valence-corrected chi connectivity index (χ1v) is 20.5. The maximum absolute atomic E-state index is 14.0. The van der Waals surface area contributed by atoms with Crippen LogP contribution < -0.4 is 5.32 Å². The molecule has 2 amide bonds. The van der Waals surface area contributed by atoms with E-state index in [1.165, 1.54) is 23.5 Å². The van der Waals surface area contributed by atoms with E-state index in [0.29, 0.717) is 35.0 Å². The molecule has 0 bridgehead atoms. The summed E-state index contributed by atoms with van der Waals surface area (Å²) in [6.45, 7) is 10.6. The maximum atomic E-state index is 14.0. The number of benzene rings is 2. The summed E-state index contributed by atoms with van der Waals surface area (Å²) in [5.41, 5.74) is 5.59. The summed E-state index contributed by atoms with van der Waals surface area (Å²) in [5, 5.41) is 4.51. The molecule has 2 aromatic heterocycles. The number of nitrogens with zero attached hydrogens (tertiary/aromatic N) is 4. The SMILES string of the molecule is CC1Cc2nc(C(=O)N3CCN(C(=O)c4cc5cc(C#C[Si](C)(C)C)ccc5n4S(=O)(=O)c4ccccc4)CC3)sc2CN1. The number of hydrogen-bond donors (Lipinski definition) is 1. The summed E-state index contributed by atoms with van der Waals surface area (Å²) in [4.78, 5) is 36.5. The molecule has 44 heavy (non-hydrogen) atoms. The van der Waals surface area contributed by atoms with Crippen LogP contribution in [0.15, 0.2) is 59.5 Å². The molecule has 1 fully saturated rings. The van der Waals surface area contributed by atoms with E-state index in [1.807, 2.05) is 6.07 Å². The number of aromatic nitrogens is 2. The van der Waals surface area contributed by atoms with Gasteiger partial charge in [0.25, 0.3) is 21.8 Å². The zero-order valence-corrected chi connectivity index (χ0v) is 27.9. The lowest BCUT2D eigenvalue weighted by molar-refractivity contribution is 0.0531. The number of fused-ring (bicyclic) bond motifs is 2. The molecule has 0 aliphatic carbocycles. The van der Waals surface area contributed by atoms with Crippen molar-refractivity contribution in [1.29, 1.82) is 0 Å². The first-order valence-electron chi connectivity index (χ1n) is 14.7. The summed E-state index contributed by atoms with van der Waals surface area (Å²) in [6, 6.07) is 15.5. The smallest absolute Gasteiger partial charge is 0.282 e. The van der Waals surface area contributed by atoms with Crippen molar-refractivity contribution >= 4 is 52.2 Å². The summed E-state index contributed by atoms with van der Waals surface area (Å²) in [5.74, 6) is 2.70. The summed E-state index contributed by atoms with van der Waals surface area (Å²) >= 11 is 1.43. The van der Waals surface area contributed by atoms with Crippen LogP contribution >= 0.6 is 11.3 Å². The molecule has 12 heteroatoms. The number of hydrogen-bond acceptors (Lipinski definition) is 7. The van der Waals surface area contributed by atoms with Crippen LogP contribution in [0.1, 0.15) is 43.3 Å². The Morgan fingerprint density at radius 2 is 1.66 bits per heavy atom. The Balaban J connectivity index is 1.29. The molecular formula is C32H35N5O4S2Si. The van der Waals surface area contributed by atoms with E-state index >= 15 is 0 Å². The van der Waals surface area contributed by atoms with Crippen LogP contribution in [0.2, 0.25) is 19.6 Å². The standard InChI is InChI=1S/C32H35N5O4S2Si/c1-22-18-26-29(21-33-22)42-30(34-26)32(39)36-15-13-35(14-16-36)31(38)28-20-24-19-23(12-17-44(2,3)4)10-11-27(24)37(28)43(40,41)25-8-6-5-7-9-25/h5-11,19-20,22,33H,13-16,18,21H2,1-4H3. The minimum absolute atomic E-state index is 0.0631. The molecule has 0 saturated carbocycles. The molecule has 1 unspecified atom stereocenters. The third-order valence-electron chi connectivity index (χ3n) is 7.77. The fraction of sp³-hybridized carbons (Fsp3) is 0.344. The minimum atomic E-state index is -4.09. The predicted octanol–water partition coefficient (Wildman–Crippen LogP) is 4.20. The van der Waals surface area contributed by atoms with Gasteiger partial charge in [0.2, 0.25) is 0 Å². The van der Waals surface area contributed by atoms with Crippen LogP contribution in [0.5, 0.6) is 0 Å². The molecule has 6 rings (SSSR count). The molecule has 9 nitrogen and oxygen atoms in total. The number of nitrogens with one attached hydrogen (secondary N) is 1. The third-order valence-corrected chi connectivity index (χ3v) is 11.5. The topological polar surface area (TPSA) is 105 Å². The van der Waals surface area contributed by atoms with Crippen LogP contribution in [-0.2, 0) is 23.0 Å².